The standard InChI is InChI=1S/C15H13ClN4O2S/c1-22-12-5-3-2-4-10(12)18-13(21)8-23-15-19-11-6-9(16)7-17-14(11)20-15/h2-7H,8H2,1H3,(H,18,21)(H,17,19,20). The molecule has 0 atom stereocenters. The first kappa shape index (κ1) is 15.6. The maximum absolute atomic E-state index is 12.1. The van der Waals surface area contributed by atoms with Crippen molar-refractivity contribution in [1.29, 1.82) is 0 Å². The van der Waals surface area contributed by atoms with E-state index in [1.807, 2.05) is 12.1 Å². The van der Waals surface area contributed by atoms with E-state index in [0.717, 1.165) is 5.52 Å². The fraction of sp³-hybridized carbons (Fsp3) is 0.133. The monoisotopic (exact) mass is 348 g/mol. The summed E-state index contributed by atoms with van der Waals surface area (Å²) < 4.78 is 5.20. The van der Waals surface area contributed by atoms with Gasteiger partial charge in [0.15, 0.2) is 10.8 Å². The summed E-state index contributed by atoms with van der Waals surface area (Å²) in [5.41, 5.74) is 1.95. The summed E-state index contributed by atoms with van der Waals surface area (Å²) in [7, 11) is 1.56. The minimum atomic E-state index is -0.147. The van der Waals surface area contributed by atoms with Crippen LogP contribution in [-0.4, -0.2) is 33.7 Å². The molecule has 2 N–H and O–H groups in total. The van der Waals surface area contributed by atoms with E-state index in [-0.39, 0.29) is 11.7 Å². The lowest BCUT2D eigenvalue weighted by atomic mass is 10.3. The van der Waals surface area contributed by atoms with Crippen molar-refractivity contribution < 1.29 is 9.53 Å². The first-order chi connectivity index (χ1) is 11.2. The van der Waals surface area contributed by atoms with Crippen LogP contribution in [0, 0.1) is 0 Å². The molecule has 3 rings (SSSR count). The molecule has 1 amide bonds. The number of halogens is 1. The van der Waals surface area contributed by atoms with Crippen molar-refractivity contribution in [2.24, 2.45) is 0 Å². The number of fused-ring (bicyclic) bond motifs is 1. The van der Waals surface area contributed by atoms with Gasteiger partial charge in [0.1, 0.15) is 5.75 Å². The molecule has 0 fully saturated rings. The number of H-pyrrole nitrogens is 1. The third kappa shape index (κ3) is 3.75. The molecule has 0 aliphatic carbocycles. The van der Waals surface area contributed by atoms with Crippen molar-refractivity contribution in [3.8, 4) is 5.75 Å². The van der Waals surface area contributed by atoms with E-state index in [9.17, 15) is 4.79 Å². The predicted octanol–water partition coefficient (Wildman–Crippen LogP) is 3.35. The van der Waals surface area contributed by atoms with E-state index in [4.69, 9.17) is 16.3 Å². The molecule has 23 heavy (non-hydrogen) atoms. The summed E-state index contributed by atoms with van der Waals surface area (Å²) in [6.07, 6.45) is 1.54. The molecule has 1 aromatic carbocycles. The normalized spacial score (nSPS) is 10.7. The molecule has 0 unspecified atom stereocenters. The molecule has 0 saturated carbocycles. The molecule has 2 heterocycles. The van der Waals surface area contributed by atoms with Crippen LogP contribution in [0.25, 0.3) is 11.2 Å². The molecular weight excluding hydrogens is 336 g/mol. The van der Waals surface area contributed by atoms with Gasteiger partial charge in [-0.25, -0.2) is 9.97 Å². The number of hydrogen-bond acceptors (Lipinski definition) is 5. The Morgan fingerprint density at radius 1 is 1.43 bits per heavy atom. The number of carbonyl (C=O) groups is 1. The van der Waals surface area contributed by atoms with Gasteiger partial charge in [-0.2, -0.15) is 0 Å². The summed E-state index contributed by atoms with van der Waals surface area (Å²) in [6.45, 7) is 0. The number of amides is 1. The van der Waals surface area contributed by atoms with Crippen LogP contribution in [0.5, 0.6) is 5.75 Å². The number of imidazole rings is 1. The van der Waals surface area contributed by atoms with Gasteiger partial charge < -0.3 is 15.0 Å². The van der Waals surface area contributed by atoms with Crippen LogP contribution < -0.4 is 10.1 Å². The van der Waals surface area contributed by atoms with Crippen LogP contribution in [0.3, 0.4) is 0 Å². The number of hydrogen-bond donors (Lipinski definition) is 2. The highest BCUT2D eigenvalue weighted by molar-refractivity contribution is 7.99. The smallest absolute Gasteiger partial charge is 0.234 e. The number of rotatable bonds is 5. The third-order valence-corrected chi connectivity index (χ3v) is 4.08. The van der Waals surface area contributed by atoms with Crippen molar-refractivity contribution in [1.82, 2.24) is 15.0 Å². The van der Waals surface area contributed by atoms with Gasteiger partial charge in [0, 0.05) is 6.20 Å². The minimum Gasteiger partial charge on any atom is -0.495 e. The van der Waals surface area contributed by atoms with E-state index in [1.54, 1.807) is 25.3 Å². The molecule has 0 aliphatic rings. The zero-order valence-corrected chi connectivity index (χ0v) is 13.7. The van der Waals surface area contributed by atoms with Crippen molar-refractivity contribution >= 4 is 46.1 Å². The number of anilines is 1. The van der Waals surface area contributed by atoms with Crippen molar-refractivity contribution in [3.05, 3.63) is 41.6 Å². The van der Waals surface area contributed by atoms with E-state index in [2.05, 4.69) is 20.3 Å². The number of para-hydroxylation sites is 2. The highest BCUT2D eigenvalue weighted by Crippen LogP contribution is 2.24. The number of nitrogens with one attached hydrogen (secondary N) is 2. The maximum atomic E-state index is 12.1. The molecule has 6 nitrogen and oxygen atoms in total. The molecule has 118 valence electrons. The quantitative estimate of drug-likeness (QED) is 0.691. The van der Waals surface area contributed by atoms with E-state index in [1.165, 1.54) is 18.0 Å². The van der Waals surface area contributed by atoms with E-state index < -0.39 is 0 Å². The zero-order valence-electron chi connectivity index (χ0n) is 12.2. The topological polar surface area (TPSA) is 79.9 Å². The Labute approximate surface area is 141 Å². The van der Waals surface area contributed by atoms with Crippen LogP contribution in [0.2, 0.25) is 5.02 Å². The number of thioether (sulfide) groups is 1. The summed E-state index contributed by atoms with van der Waals surface area (Å²) in [6, 6.07) is 9.00. The van der Waals surface area contributed by atoms with Crippen molar-refractivity contribution in [2.45, 2.75) is 5.16 Å². The Hall–Kier alpha value is -2.25. The molecule has 0 bridgehead atoms. The summed E-state index contributed by atoms with van der Waals surface area (Å²) in [5, 5.41) is 3.96. The Morgan fingerprint density at radius 2 is 2.26 bits per heavy atom. The maximum Gasteiger partial charge on any atom is 0.234 e. The Bertz CT molecular complexity index is 852. The number of nitrogens with zero attached hydrogens (tertiary/aromatic N) is 2. The van der Waals surface area contributed by atoms with Crippen LogP contribution in [-0.2, 0) is 4.79 Å². The Kier molecular flexibility index (Phi) is 4.68. The summed E-state index contributed by atoms with van der Waals surface area (Å²) in [4.78, 5) is 23.5. The predicted molar refractivity (Wildman–Crippen MR) is 91.2 cm³/mol. The van der Waals surface area contributed by atoms with Crippen LogP contribution >= 0.6 is 23.4 Å². The number of aromatic amines is 1. The van der Waals surface area contributed by atoms with Gasteiger partial charge in [0.05, 0.1) is 29.1 Å². The number of methoxy groups -OCH3 is 1. The minimum absolute atomic E-state index is 0.147. The number of carbonyl (C=O) groups excluding carboxylic acids is 1. The van der Waals surface area contributed by atoms with Gasteiger partial charge in [0.2, 0.25) is 5.91 Å². The van der Waals surface area contributed by atoms with Gasteiger partial charge >= 0.3 is 0 Å². The third-order valence-electron chi connectivity index (χ3n) is 3.00. The summed E-state index contributed by atoms with van der Waals surface area (Å²) >= 11 is 7.17. The van der Waals surface area contributed by atoms with Crippen LogP contribution in [0.15, 0.2) is 41.7 Å². The number of benzene rings is 1. The Morgan fingerprint density at radius 3 is 3.09 bits per heavy atom. The first-order valence-electron chi connectivity index (χ1n) is 6.72. The highest BCUT2D eigenvalue weighted by Gasteiger charge is 2.10. The lowest BCUT2D eigenvalue weighted by Gasteiger charge is -2.09. The average molecular weight is 349 g/mol. The summed E-state index contributed by atoms with van der Waals surface area (Å²) in [5.74, 6) is 0.686. The number of pyridine rings is 1. The second kappa shape index (κ2) is 6.89. The second-order valence-electron chi connectivity index (χ2n) is 4.60. The van der Waals surface area contributed by atoms with Gasteiger partial charge in [-0.15, -0.1) is 0 Å². The van der Waals surface area contributed by atoms with E-state index >= 15 is 0 Å². The fourth-order valence-corrected chi connectivity index (χ4v) is 2.82. The van der Waals surface area contributed by atoms with Gasteiger partial charge in [-0.05, 0) is 18.2 Å². The van der Waals surface area contributed by atoms with Gasteiger partial charge in [-0.1, -0.05) is 35.5 Å². The molecule has 2 aromatic heterocycles. The zero-order chi connectivity index (χ0) is 16.2. The second-order valence-corrected chi connectivity index (χ2v) is 6.00. The molecule has 3 aromatic rings. The molecule has 0 saturated heterocycles. The van der Waals surface area contributed by atoms with Crippen molar-refractivity contribution in [2.75, 3.05) is 18.2 Å². The highest BCUT2D eigenvalue weighted by atomic mass is 35.5. The van der Waals surface area contributed by atoms with Gasteiger partial charge in [0.25, 0.3) is 0 Å². The largest absolute Gasteiger partial charge is 0.495 e. The molecule has 0 spiro atoms. The Balaban J connectivity index is 1.63. The van der Waals surface area contributed by atoms with E-state index in [0.29, 0.717) is 27.3 Å². The molecule has 8 heteroatoms. The number of ether oxygens (including phenoxy) is 1. The van der Waals surface area contributed by atoms with Gasteiger partial charge in [-0.3, -0.25) is 4.79 Å². The average Bonchev–Trinajstić information content (AvgIpc) is 2.95. The van der Waals surface area contributed by atoms with Crippen LogP contribution in [0.4, 0.5) is 5.69 Å². The fourth-order valence-electron chi connectivity index (χ4n) is 1.99. The lowest BCUT2D eigenvalue weighted by Crippen LogP contribution is -2.14. The molecular formula is C15H13ClN4O2S. The lowest BCUT2D eigenvalue weighted by molar-refractivity contribution is -0.113. The molecule has 0 aliphatic heterocycles. The van der Waals surface area contributed by atoms with Crippen LogP contribution in [0.1, 0.15) is 0 Å². The first-order valence-corrected chi connectivity index (χ1v) is 8.09. The molecule has 0 radical (unpaired) electrons. The number of aromatic nitrogens is 3. The van der Waals surface area contributed by atoms with Crippen molar-refractivity contribution in [3.63, 3.8) is 0 Å². The SMILES string of the molecule is COc1ccccc1NC(=O)CSc1nc2ncc(Cl)cc2[nH]1.